The molecule has 9 heteroatoms. The van der Waals surface area contributed by atoms with E-state index in [0.717, 1.165) is 51.4 Å². The Labute approximate surface area is 287 Å². The van der Waals surface area contributed by atoms with Crippen LogP contribution in [0.15, 0.2) is 0 Å². The molecule has 8 rings (SSSR count). The zero-order valence-corrected chi connectivity index (χ0v) is 30.7. The third kappa shape index (κ3) is 4.12. The quantitative estimate of drug-likeness (QED) is 0.219. The highest BCUT2D eigenvalue weighted by Gasteiger charge is 2.88. The molecule has 5 aliphatic carbocycles. The molecule has 4 N–H and O–H groups in total. The highest BCUT2D eigenvalue weighted by Crippen LogP contribution is 2.90. The van der Waals surface area contributed by atoms with E-state index in [9.17, 15) is 20.4 Å². The molecular weight excluding hydrogens is 612 g/mol. The molecule has 0 unspecified atom stereocenters. The van der Waals surface area contributed by atoms with E-state index in [4.69, 9.17) is 23.7 Å². The van der Waals surface area contributed by atoms with Crippen molar-refractivity contribution in [3.05, 3.63) is 0 Å². The molecule has 0 aromatic rings. The molecule has 3 aliphatic heterocycles. The summed E-state index contributed by atoms with van der Waals surface area (Å²) in [6, 6.07) is 0. The van der Waals surface area contributed by atoms with Crippen molar-refractivity contribution in [3.63, 3.8) is 0 Å². The van der Waals surface area contributed by atoms with Gasteiger partial charge in [-0.05, 0) is 111 Å². The summed E-state index contributed by atoms with van der Waals surface area (Å²) in [6.07, 6.45) is 4.83. The summed E-state index contributed by atoms with van der Waals surface area (Å²) in [5.41, 5.74) is -0.724. The van der Waals surface area contributed by atoms with Gasteiger partial charge in [-0.1, -0.05) is 48.0 Å². The van der Waals surface area contributed by atoms with Crippen molar-refractivity contribution in [3.8, 4) is 0 Å². The monoisotopic (exact) mass is 676 g/mol. The number of unbranched alkanes of at least 4 members (excludes halogenated alkanes) is 1. The van der Waals surface area contributed by atoms with Crippen LogP contribution in [0, 0.1) is 50.7 Å². The van der Waals surface area contributed by atoms with Crippen LogP contribution in [0.25, 0.3) is 0 Å². The third-order valence-electron chi connectivity index (χ3n) is 16.8. The van der Waals surface area contributed by atoms with Gasteiger partial charge >= 0.3 is 0 Å². The molecule has 48 heavy (non-hydrogen) atoms. The topological polar surface area (TPSA) is 127 Å². The van der Waals surface area contributed by atoms with Crippen molar-refractivity contribution < 1.29 is 44.1 Å². The summed E-state index contributed by atoms with van der Waals surface area (Å²) < 4.78 is 32.9. The summed E-state index contributed by atoms with van der Waals surface area (Å²) in [7, 11) is 0. The molecule has 2 bridgehead atoms. The van der Waals surface area contributed by atoms with Crippen molar-refractivity contribution in [2.75, 3.05) is 13.2 Å². The zero-order valence-electron chi connectivity index (χ0n) is 30.7. The van der Waals surface area contributed by atoms with Crippen LogP contribution in [0.1, 0.15) is 120 Å². The van der Waals surface area contributed by atoms with Crippen molar-refractivity contribution in [1.82, 2.24) is 0 Å². The molecular formula is C39H64O9. The van der Waals surface area contributed by atoms with E-state index in [2.05, 4.69) is 55.4 Å². The van der Waals surface area contributed by atoms with Gasteiger partial charge in [-0.3, -0.25) is 0 Å². The highest BCUT2D eigenvalue weighted by atomic mass is 16.8. The second-order valence-corrected chi connectivity index (χ2v) is 19.4. The maximum absolute atomic E-state index is 12.9. The lowest BCUT2D eigenvalue weighted by Crippen LogP contribution is -2.61. The van der Waals surface area contributed by atoms with E-state index in [1.807, 2.05) is 0 Å². The molecule has 17 atom stereocenters. The molecule has 274 valence electrons. The Bertz CT molecular complexity index is 1270. The number of aliphatic hydroxyl groups is 4. The highest BCUT2D eigenvalue weighted by molar-refractivity contribution is 5.34. The van der Waals surface area contributed by atoms with Gasteiger partial charge in [-0.15, -0.1) is 0 Å². The summed E-state index contributed by atoms with van der Waals surface area (Å²) >= 11 is 0. The molecule has 0 radical (unpaired) electrons. The lowest BCUT2D eigenvalue weighted by Gasteiger charge is -2.63. The molecule has 9 nitrogen and oxygen atoms in total. The van der Waals surface area contributed by atoms with Crippen LogP contribution in [-0.2, 0) is 23.7 Å². The maximum Gasteiger partial charge on any atom is 0.199 e. The van der Waals surface area contributed by atoms with Crippen LogP contribution in [0.5, 0.6) is 0 Å². The number of hydrogen-bond donors (Lipinski definition) is 4. The molecule has 0 amide bonds. The number of fused-ring (bicyclic) bond motifs is 4. The fourth-order valence-corrected chi connectivity index (χ4v) is 14.5. The second kappa shape index (κ2) is 10.8. The van der Waals surface area contributed by atoms with E-state index < -0.39 is 42.1 Å². The first-order valence-corrected chi connectivity index (χ1v) is 19.5. The molecule has 3 heterocycles. The first-order chi connectivity index (χ1) is 22.5. The van der Waals surface area contributed by atoms with E-state index >= 15 is 0 Å². The van der Waals surface area contributed by atoms with E-state index in [-0.39, 0.29) is 57.9 Å². The van der Waals surface area contributed by atoms with Gasteiger partial charge in [0.25, 0.3) is 0 Å². The number of hydrogen-bond acceptors (Lipinski definition) is 9. The molecule has 3 spiro atoms. The second-order valence-electron chi connectivity index (χ2n) is 19.4. The largest absolute Gasteiger partial charge is 0.388 e. The first-order valence-electron chi connectivity index (χ1n) is 19.5. The van der Waals surface area contributed by atoms with Gasteiger partial charge in [0.15, 0.2) is 12.1 Å². The zero-order chi connectivity index (χ0) is 34.4. The number of ether oxygens (including phenoxy) is 5. The SMILES string of the molecule is CCCCOC(C)(C)[C@H]1O[C@@]23O[C@@H]1C[C@@H](C)[C@@H]2[C@@]1(C)CC[C@@]24C[C@@]25CC[C@H](O[C@@H]2OC[C@@H](O)[C@H](O)[C@H]2O)C(C)(C)[C@@H]5CC[C@H]4[C@]1(C)[C@H]3O. The fourth-order valence-electron chi connectivity index (χ4n) is 14.5. The third-order valence-corrected chi connectivity index (χ3v) is 16.8. The van der Waals surface area contributed by atoms with Crippen LogP contribution < -0.4 is 0 Å². The minimum atomic E-state index is -1.28. The van der Waals surface area contributed by atoms with Crippen LogP contribution in [0.2, 0.25) is 0 Å². The van der Waals surface area contributed by atoms with Crippen molar-refractivity contribution in [1.29, 1.82) is 0 Å². The predicted molar refractivity (Wildman–Crippen MR) is 177 cm³/mol. The van der Waals surface area contributed by atoms with Crippen LogP contribution in [0.4, 0.5) is 0 Å². The number of aliphatic hydroxyl groups excluding tert-OH is 4. The Kier molecular flexibility index (Phi) is 7.84. The van der Waals surface area contributed by atoms with Gasteiger partial charge < -0.3 is 44.1 Å². The van der Waals surface area contributed by atoms with Gasteiger partial charge in [0, 0.05) is 17.9 Å². The molecule has 8 fully saturated rings. The Hall–Kier alpha value is -0.360. The lowest BCUT2D eigenvalue weighted by molar-refractivity contribution is -0.303. The Morgan fingerprint density at radius 2 is 1.58 bits per heavy atom. The van der Waals surface area contributed by atoms with Gasteiger partial charge in [-0.2, -0.15) is 0 Å². The minimum Gasteiger partial charge on any atom is -0.388 e. The Morgan fingerprint density at radius 1 is 0.875 bits per heavy atom. The summed E-state index contributed by atoms with van der Waals surface area (Å²) in [4.78, 5) is 0. The molecule has 5 saturated carbocycles. The smallest absolute Gasteiger partial charge is 0.199 e. The fraction of sp³-hybridized carbons (Fsp3) is 1.00. The van der Waals surface area contributed by atoms with E-state index in [1.165, 1.54) is 12.8 Å². The summed E-state index contributed by atoms with van der Waals surface area (Å²) in [5, 5.41) is 43.9. The van der Waals surface area contributed by atoms with Crippen LogP contribution in [0.3, 0.4) is 0 Å². The van der Waals surface area contributed by atoms with Crippen molar-refractivity contribution in [2.24, 2.45) is 50.7 Å². The average Bonchev–Trinajstić information content (AvgIpc) is 3.54. The number of rotatable bonds is 7. The van der Waals surface area contributed by atoms with Crippen molar-refractivity contribution >= 4 is 0 Å². The molecule has 8 aliphatic rings. The van der Waals surface area contributed by atoms with Gasteiger partial charge in [0.2, 0.25) is 0 Å². The van der Waals surface area contributed by atoms with Gasteiger partial charge in [-0.25, -0.2) is 0 Å². The van der Waals surface area contributed by atoms with Crippen LogP contribution >= 0.6 is 0 Å². The predicted octanol–water partition coefficient (Wildman–Crippen LogP) is 4.95. The molecule has 0 aromatic carbocycles. The molecule has 3 saturated heterocycles. The standard InChI is InChI=1S/C39H64O9/c1-9-10-17-45-34(5,6)30-23-18-21(2)29-35(7)15-16-38-20-37(38)14-13-26(46-31-28(42)27(41)22(40)19-44-31)33(3,4)24(37)11-12-25(38)36(35,8)32(43)39(29,47-23)48-30/h21-32,40-43H,9-20H2,1-8H3/t21-,22-,23-,24+,25+,26+,27+,28-,29-,30+,31+,32-,35-,36-,37-,38+,39+/m1/s1. The lowest BCUT2D eigenvalue weighted by atomic mass is 9.41. The Balaban J connectivity index is 1.07. The first kappa shape index (κ1) is 34.7. The van der Waals surface area contributed by atoms with Gasteiger partial charge in [0.05, 0.1) is 24.4 Å². The van der Waals surface area contributed by atoms with Crippen molar-refractivity contribution in [2.45, 2.75) is 180 Å². The normalized spacial score (nSPS) is 58.0. The van der Waals surface area contributed by atoms with Crippen LogP contribution in [-0.4, -0.2) is 94.0 Å². The maximum atomic E-state index is 12.9. The molecule has 0 aromatic heterocycles. The van der Waals surface area contributed by atoms with Gasteiger partial charge in [0.1, 0.15) is 30.5 Å². The Morgan fingerprint density at radius 3 is 2.31 bits per heavy atom. The van der Waals surface area contributed by atoms with E-state index in [1.54, 1.807) is 0 Å². The summed E-state index contributed by atoms with van der Waals surface area (Å²) in [5.74, 6) is 0.336. The average molecular weight is 677 g/mol. The van der Waals surface area contributed by atoms with E-state index in [0.29, 0.717) is 24.4 Å². The summed E-state index contributed by atoms with van der Waals surface area (Å²) in [6.45, 7) is 19.0. The minimum absolute atomic E-state index is 0.0483.